The van der Waals surface area contributed by atoms with Crippen LogP contribution in [0.2, 0.25) is 0 Å². The Morgan fingerprint density at radius 1 is 1.73 bits per heavy atom. The SMILES string of the molecule is C=CC(=O)NCO/C=C/CC. The first kappa shape index (κ1) is 9.75. The Morgan fingerprint density at radius 2 is 2.45 bits per heavy atom. The minimum Gasteiger partial charge on any atom is -0.481 e. The van der Waals surface area contributed by atoms with E-state index in [2.05, 4.69) is 11.9 Å². The van der Waals surface area contributed by atoms with E-state index in [9.17, 15) is 4.79 Å². The second-order valence-corrected chi connectivity index (χ2v) is 1.84. The molecule has 0 bridgehead atoms. The molecule has 0 unspecified atom stereocenters. The predicted octanol–water partition coefficient (Wildman–Crippen LogP) is 1.19. The summed E-state index contributed by atoms with van der Waals surface area (Å²) in [6, 6.07) is 0. The van der Waals surface area contributed by atoms with Gasteiger partial charge in [0.1, 0.15) is 0 Å². The van der Waals surface area contributed by atoms with Crippen LogP contribution < -0.4 is 5.32 Å². The van der Waals surface area contributed by atoms with Gasteiger partial charge in [-0.05, 0) is 12.5 Å². The lowest BCUT2D eigenvalue weighted by molar-refractivity contribution is -0.117. The molecule has 3 nitrogen and oxygen atoms in total. The van der Waals surface area contributed by atoms with Crippen molar-refractivity contribution < 1.29 is 9.53 Å². The number of hydrogen-bond donors (Lipinski definition) is 1. The van der Waals surface area contributed by atoms with Crippen molar-refractivity contribution in [1.82, 2.24) is 5.32 Å². The molecule has 3 heteroatoms. The lowest BCUT2D eigenvalue weighted by Gasteiger charge is -1.99. The molecule has 62 valence electrons. The van der Waals surface area contributed by atoms with Gasteiger partial charge < -0.3 is 10.1 Å². The number of rotatable bonds is 5. The molecule has 0 aliphatic rings. The fourth-order valence-corrected chi connectivity index (χ4v) is 0.397. The molecule has 1 N–H and O–H groups in total. The molecule has 0 saturated heterocycles. The summed E-state index contributed by atoms with van der Waals surface area (Å²) >= 11 is 0. The number of allylic oxidation sites excluding steroid dienone is 1. The average Bonchev–Trinajstić information content (AvgIpc) is 2.04. The molecule has 0 radical (unpaired) electrons. The maximum absolute atomic E-state index is 10.5. The quantitative estimate of drug-likeness (QED) is 0.280. The number of ether oxygens (including phenoxy) is 1. The Balaban J connectivity index is 3.20. The van der Waals surface area contributed by atoms with Gasteiger partial charge in [0.2, 0.25) is 5.91 Å². The monoisotopic (exact) mass is 155 g/mol. The van der Waals surface area contributed by atoms with Crippen molar-refractivity contribution in [3.63, 3.8) is 0 Å². The van der Waals surface area contributed by atoms with Crippen molar-refractivity contribution in [3.05, 3.63) is 25.0 Å². The Hall–Kier alpha value is -1.25. The summed E-state index contributed by atoms with van der Waals surface area (Å²) in [5.74, 6) is -0.227. The van der Waals surface area contributed by atoms with Gasteiger partial charge in [-0.25, -0.2) is 0 Å². The first-order valence-corrected chi connectivity index (χ1v) is 3.48. The molecule has 0 heterocycles. The van der Waals surface area contributed by atoms with Gasteiger partial charge in [-0.15, -0.1) is 0 Å². The molecule has 0 fully saturated rings. The zero-order valence-corrected chi connectivity index (χ0v) is 6.67. The Morgan fingerprint density at radius 3 is 3.00 bits per heavy atom. The highest BCUT2D eigenvalue weighted by atomic mass is 16.5. The molecule has 0 saturated carbocycles. The Labute approximate surface area is 66.7 Å². The van der Waals surface area contributed by atoms with Gasteiger partial charge in [0.05, 0.1) is 6.26 Å². The molecule has 0 aromatic heterocycles. The van der Waals surface area contributed by atoms with Crippen LogP contribution in [0.1, 0.15) is 13.3 Å². The topological polar surface area (TPSA) is 38.3 Å². The lowest BCUT2D eigenvalue weighted by Crippen LogP contribution is -2.22. The van der Waals surface area contributed by atoms with E-state index in [1.165, 1.54) is 6.08 Å². The van der Waals surface area contributed by atoms with Crippen molar-refractivity contribution in [2.45, 2.75) is 13.3 Å². The van der Waals surface area contributed by atoms with Crippen molar-refractivity contribution in [1.29, 1.82) is 0 Å². The summed E-state index contributed by atoms with van der Waals surface area (Å²) in [5, 5.41) is 2.46. The molecule has 0 atom stereocenters. The minimum atomic E-state index is -0.227. The van der Waals surface area contributed by atoms with Crippen molar-refractivity contribution in [3.8, 4) is 0 Å². The van der Waals surface area contributed by atoms with E-state index in [1.54, 1.807) is 6.26 Å². The van der Waals surface area contributed by atoms with E-state index >= 15 is 0 Å². The van der Waals surface area contributed by atoms with Crippen molar-refractivity contribution >= 4 is 5.91 Å². The van der Waals surface area contributed by atoms with Crippen LogP contribution in [0.15, 0.2) is 25.0 Å². The maximum atomic E-state index is 10.5. The maximum Gasteiger partial charge on any atom is 0.245 e. The van der Waals surface area contributed by atoms with Crippen LogP contribution in [0.4, 0.5) is 0 Å². The third kappa shape index (κ3) is 6.64. The first-order valence-electron chi connectivity index (χ1n) is 3.48. The second kappa shape index (κ2) is 6.86. The fraction of sp³-hybridized carbons (Fsp3) is 0.375. The number of amides is 1. The number of carbonyl (C=O) groups is 1. The number of carbonyl (C=O) groups excluding carboxylic acids is 1. The molecule has 11 heavy (non-hydrogen) atoms. The molecule has 1 amide bonds. The lowest BCUT2D eigenvalue weighted by atomic mass is 10.5. The van der Waals surface area contributed by atoms with Crippen LogP contribution in [0.25, 0.3) is 0 Å². The van der Waals surface area contributed by atoms with Gasteiger partial charge in [-0.3, -0.25) is 4.79 Å². The van der Waals surface area contributed by atoms with Crippen LogP contribution in [0, 0.1) is 0 Å². The highest BCUT2D eigenvalue weighted by Gasteiger charge is 1.88. The third-order valence-electron chi connectivity index (χ3n) is 0.943. The van der Waals surface area contributed by atoms with Gasteiger partial charge in [0, 0.05) is 0 Å². The molecule has 0 spiro atoms. The van der Waals surface area contributed by atoms with Crippen LogP contribution in [0.5, 0.6) is 0 Å². The van der Waals surface area contributed by atoms with Crippen LogP contribution in [0.3, 0.4) is 0 Å². The van der Waals surface area contributed by atoms with E-state index in [4.69, 9.17) is 4.74 Å². The standard InChI is InChI=1S/C8H13NO2/c1-3-5-6-11-7-9-8(10)4-2/h4-6H,2-3,7H2,1H3,(H,9,10)/b6-5+. The summed E-state index contributed by atoms with van der Waals surface area (Å²) < 4.78 is 4.89. The molecule has 0 aromatic carbocycles. The fourth-order valence-electron chi connectivity index (χ4n) is 0.397. The van der Waals surface area contributed by atoms with Crippen molar-refractivity contribution in [2.24, 2.45) is 0 Å². The van der Waals surface area contributed by atoms with E-state index in [1.807, 2.05) is 13.0 Å². The van der Waals surface area contributed by atoms with Crippen LogP contribution >= 0.6 is 0 Å². The molecule has 0 aromatic rings. The number of hydrogen-bond acceptors (Lipinski definition) is 2. The van der Waals surface area contributed by atoms with Gasteiger partial charge in [0.15, 0.2) is 6.73 Å². The van der Waals surface area contributed by atoms with Crippen molar-refractivity contribution in [2.75, 3.05) is 6.73 Å². The zero-order valence-electron chi connectivity index (χ0n) is 6.67. The Kier molecular flexibility index (Phi) is 6.08. The summed E-state index contributed by atoms with van der Waals surface area (Å²) in [7, 11) is 0. The summed E-state index contributed by atoms with van der Waals surface area (Å²) in [6.07, 6.45) is 5.55. The average molecular weight is 155 g/mol. The first-order chi connectivity index (χ1) is 5.31. The van der Waals surface area contributed by atoms with Gasteiger partial charge in [-0.1, -0.05) is 19.6 Å². The smallest absolute Gasteiger partial charge is 0.245 e. The molecule has 0 aliphatic carbocycles. The highest BCUT2D eigenvalue weighted by Crippen LogP contribution is 1.80. The zero-order chi connectivity index (χ0) is 8.53. The number of nitrogens with one attached hydrogen (secondary N) is 1. The van der Waals surface area contributed by atoms with E-state index in [0.717, 1.165) is 6.42 Å². The van der Waals surface area contributed by atoms with E-state index < -0.39 is 0 Å². The van der Waals surface area contributed by atoms with Crippen LogP contribution in [-0.2, 0) is 9.53 Å². The molecule has 0 rings (SSSR count). The highest BCUT2D eigenvalue weighted by molar-refractivity contribution is 5.86. The van der Waals surface area contributed by atoms with Gasteiger partial charge in [-0.2, -0.15) is 0 Å². The minimum absolute atomic E-state index is 0.196. The van der Waals surface area contributed by atoms with Gasteiger partial charge in [0.25, 0.3) is 0 Å². The van der Waals surface area contributed by atoms with Crippen LogP contribution in [-0.4, -0.2) is 12.6 Å². The third-order valence-corrected chi connectivity index (χ3v) is 0.943. The summed E-state index contributed by atoms with van der Waals surface area (Å²) in [4.78, 5) is 10.5. The predicted molar refractivity (Wildman–Crippen MR) is 43.7 cm³/mol. The summed E-state index contributed by atoms with van der Waals surface area (Å²) in [5.41, 5.74) is 0. The summed E-state index contributed by atoms with van der Waals surface area (Å²) in [6.45, 7) is 5.49. The van der Waals surface area contributed by atoms with E-state index in [-0.39, 0.29) is 12.6 Å². The van der Waals surface area contributed by atoms with Gasteiger partial charge >= 0.3 is 0 Å². The molecular formula is C8H13NO2. The van der Waals surface area contributed by atoms with E-state index in [0.29, 0.717) is 0 Å². The largest absolute Gasteiger partial charge is 0.481 e. The molecule has 0 aliphatic heterocycles. The second-order valence-electron chi connectivity index (χ2n) is 1.84. The normalized spacial score (nSPS) is 9.55. The molecular weight excluding hydrogens is 142 g/mol. The Bertz CT molecular complexity index is 152.